The number of hydrogen-bond acceptors (Lipinski definition) is 4. The van der Waals surface area contributed by atoms with Gasteiger partial charge in [-0.2, -0.15) is 0 Å². The van der Waals surface area contributed by atoms with E-state index >= 15 is 0 Å². The Bertz CT molecular complexity index is 643. The third kappa shape index (κ3) is 2.40. The zero-order valence-electron chi connectivity index (χ0n) is 10.7. The quantitative estimate of drug-likeness (QED) is 0.476. The zero-order valence-corrected chi connectivity index (χ0v) is 10.7. The van der Waals surface area contributed by atoms with Crippen molar-refractivity contribution in [2.75, 3.05) is 0 Å². The van der Waals surface area contributed by atoms with E-state index in [9.17, 15) is 14.9 Å². The van der Waals surface area contributed by atoms with Crippen LogP contribution in [-0.4, -0.2) is 10.7 Å². The predicted molar refractivity (Wildman–Crippen MR) is 70.2 cm³/mol. The van der Waals surface area contributed by atoms with E-state index in [1.165, 1.54) is 6.07 Å². The first kappa shape index (κ1) is 13.0. The van der Waals surface area contributed by atoms with Crippen molar-refractivity contribution >= 4 is 11.5 Å². The lowest BCUT2D eigenvalue weighted by atomic mass is 10.1. The molecule has 0 unspecified atom stereocenters. The SMILES string of the molecule is CCC(=O)c1ccc(-c2cccc([N+](=O)[O-])c2C)o1. The predicted octanol–water partition coefficient (Wildman–Crippen LogP) is 3.76. The molecule has 0 fully saturated rings. The van der Waals surface area contributed by atoms with Crippen LogP contribution in [0.4, 0.5) is 5.69 Å². The molecular formula is C14H13NO4. The zero-order chi connectivity index (χ0) is 14.0. The molecule has 0 atom stereocenters. The minimum absolute atomic E-state index is 0.0391. The van der Waals surface area contributed by atoms with Crippen LogP contribution in [0.1, 0.15) is 29.5 Å². The smallest absolute Gasteiger partial charge is 0.273 e. The van der Waals surface area contributed by atoms with Gasteiger partial charge in [0, 0.05) is 23.6 Å². The van der Waals surface area contributed by atoms with Crippen LogP contribution in [0.15, 0.2) is 34.7 Å². The van der Waals surface area contributed by atoms with Gasteiger partial charge in [-0.05, 0) is 19.1 Å². The number of carbonyl (C=O) groups excluding carboxylic acids is 1. The fourth-order valence-electron chi connectivity index (χ4n) is 1.89. The number of nitrogens with zero attached hydrogens (tertiary/aromatic N) is 1. The summed E-state index contributed by atoms with van der Waals surface area (Å²) in [6.45, 7) is 3.42. The molecule has 0 aliphatic rings. The molecule has 1 aromatic carbocycles. The minimum atomic E-state index is -0.431. The minimum Gasteiger partial charge on any atom is -0.453 e. The summed E-state index contributed by atoms with van der Waals surface area (Å²) in [7, 11) is 0. The van der Waals surface area contributed by atoms with Gasteiger partial charge in [-0.25, -0.2) is 0 Å². The molecule has 0 saturated heterocycles. The van der Waals surface area contributed by atoms with Crippen molar-refractivity contribution in [2.45, 2.75) is 20.3 Å². The number of furan rings is 1. The maximum atomic E-state index is 11.5. The Hall–Kier alpha value is -2.43. The largest absolute Gasteiger partial charge is 0.453 e. The molecule has 1 aromatic heterocycles. The highest BCUT2D eigenvalue weighted by Crippen LogP contribution is 2.31. The molecule has 0 aliphatic heterocycles. The van der Waals surface area contributed by atoms with Gasteiger partial charge in [0.15, 0.2) is 11.5 Å². The van der Waals surface area contributed by atoms with Gasteiger partial charge in [0.1, 0.15) is 5.76 Å². The molecule has 2 aromatic rings. The monoisotopic (exact) mass is 259 g/mol. The molecule has 19 heavy (non-hydrogen) atoms. The second-order valence-corrected chi connectivity index (χ2v) is 4.15. The lowest BCUT2D eigenvalue weighted by Gasteiger charge is -2.03. The molecule has 0 amide bonds. The normalized spacial score (nSPS) is 10.4. The first-order chi connectivity index (χ1) is 9.04. The first-order valence-corrected chi connectivity index (χ1v) is 5.92. The summed E-state index contributed by atoms with van der Waals surface area (Å²) in [5.41, 5.74) is 1.19. The topological polar surface area (TPSA) is 73.3 Å². The van der Waals surface area contributed by atoms with Gasteiger partial charge in [0.05, 0.1) is 4.92 Å². The molecule has 98 valence electrons. The van der Waals surface area contributed by atoms with E-state index < -0.39 is 4.92 Å². The third-order valence-electron chi connectivity index (χ3n) is 2.97. The maximum absolute atomic E-state index is 11.5. The van der Waals surface area contributed by atoms with Gasteiger partial charge in [-0.3, -0.25) is 14.9 Å². The van der Waals surface area contributed by atoms with Crippen LogP contribution in [0, 0.1) is 17.0 Å². The average molecular weight is 259 g/mol. The molecule has 0 saturated carbocycles. The van der Waals surface area contributed by atoms with Crippen molar-refractivity contribution in [2.24, 2.45) is 0 Å². The van der Waals surface area contributed by atoms with E-state index in [4.69, 9.17) is 4.42 Å². The van der Waals surface area contributed by atoms with Crippen molar-refractivity contribution < 1.29 is 14.1 Å². The van der Waals surface area contributed by atoms with Gasteiger partial charge in [0.25, 0.3) is 5.69 Å². The van der Waals surface area contributed by atoms with Crippen molar-refractivity contribution in [3.05, 3.63) is 51.8 Å². The number of rotatable bonds is 4. The Morgan fingerprint density at radius 2 is 2.05 bits per heavy atom. The van der Waals surface area contributed by atoms with E-state index in [0.717, 1.165) is 0 Å². The Kier molecular flexibility index (Phi) is 3.46. The summed E-state index contributed by atoms with van der Waals surface area (Å²) < 4.78 is 5.47. The summed E-state index contributed by atoms with van der Waals surface area (Å²) >= 11 is 0. The first-order valence-electron chi connectivity index (χ1n) is 5.92. The third-order valence-corrected chi connectivity index (χ3v) is 2.97. The van der Waals surface area contributed by atoms with Crippen molar-refractivity contribution in [1.29, 1.82) is 0 Å². The number of ketones is 1. The number of nitro benzene ring substituents is 1. The summed E-state index contributed by atoms with van der Waals surface area (Å²) in [5.74, 6) is 0.663. The van der Waals surface area contributed by atoms with E-state index in [1.54, 1.807) is 38.1 Å². The number of benzene rings is 1. The molecule has 5 nitrogen and oxygen atoms in total. The van der Waals surface area contributed by atoms with Crippen LogP contribution >= 0.6 is 0 Å². The number of hydrogen-bond donors (Lipinski definition) is 0. The molecule has 0 aliphatic carbocycles. The van der Waals surface area contributed by atoms with E-state index in [0.29, 0.717) is 23.3 Å². The van der Waals surface area contributed by atoms with Gasteiger partial charge in [-0.15, -0.1) is 0 Å². The van der Waals surface area contributed by atoms with E-state index in [2.05, 4.69) is 0 Å². The molecule has 0 spiro atoms. The van der Waals surface area contributed by atoms with Crippen molar-refractivity contribution in [3.8, 4) is 11.3 Å². The molecular weight excluding hydrogens is 246 g/mol. The number of carbonyl (C=O) groups is 1. The Balaban J connectivity index is 2.48. The summed E-state index contributed by atoms with van der Waals surface area (Å²) in [4.78, 5) is 22.0. The van der Waals surface area contributed by atoms with E-state index in [-0.39, 0.29) is 17.2 Å². The number of nitro groups is 1. The summed E-state index contributed by atoms with van der Waals surface area (Å²) in [6, 6.07) is 8.04. The molecule has 5 heteroatoms. The van der Waals surface area contributed by atoms with Crippen LogP contribution in [0.5, 0.6) is 0 Å². The highest BCUT2D eigenvalue weighted by Gasteiger charge is 2.17. The van der Waals surface area contributed by atoms with Crippen LogP contribution in [0.25, 0.3) is 11.3 Å². The van der Waals surface area contributed by atoms with Gasteiger partial charge >= 0.3 is 0 Å². The second kappa shape index (κ2) is 5.06. The van der Waals surface area contributed by atoms with Crippen LogP contribution in [0.3, 0.4) is 0 Å². The molecule has 0 bridgehead atoms. The van der Waals surface area contributed by atoms with Gasteiger partial charge < -0.3 is 4.42 Å². The Labute approximate surface area is 110 Å². The lowest BCUT2D eigenvalue weighted by Crippen LogP contribution is -1.94. The standard InChI is InChI=1S/C14H13NO4/c1-3-12(16)14-8-7-13(19-14)10-5-4-6-11(9(10)2)15(17)18/h4-8H,3H2,1-2H3. The summed E-state index contributed by atoms with van der Waals surface area (Å²) in [6.07, 6.45) is 0.362. The molecule has 1 heterocycles. The average Bonchev–Trinajstić information content (AvgIpc) is 2.87. The Morgan fingerprint density at radius 1 is 1.32 bits per heavy atom. The fraction of sp³-hybridized carbons (Fsp3) is 0.214. The molecule has 2 rings (SSSR count). The Morgan fingerprint density at radius 3 is 2.68 bits per heavy atom. The van der Waals surface area contributed by atoms with Crippen molar-refractivity contribution in [1.82, 2.24) is 0 Å². The molecule has 0 N–H and O–H groups in total. The summed E-state index contributed by atoms with van der Waals surface area (Å²) in [5, 5.41) is 10.9. The molecule has 0 radical (unpaired) electrons. The highest BCUT2D eigenvalue weighted by atomic mass is 16.6. The number of Topliss-reactive ketones (excluding diaryl/α,β-unsaturated/α-hetero) is 1. The maximum Gasteiger partial charge on any atom is 0.273 e. The van der Waals surface area contributed by atoms with Crippen LogP contribution in [0.2, 0.25) is 0 Å². The van der Waals surface area contributed by atoms with Gasteiger partial charge in [-0.1, -0.05) is 19.1 Å². The second-order valence-electron chi connectivity index (χ2n) is 4.15. The van der Waals surface area contributed by atoms with Gasteiger partial charge in [0.2, 0.25) is 0 Å². The van der Waals surface area contributed by atoms with Crippen molar-refractivity contribution in [3.63, 3.8) is 0 Å². The lowest BCUT2D eigenvalue weighted by molar-refractivity contribution is -0.385. The van der Waals surface area contributed by atoms with Crippen LogP contribution in [-0.2, 0) is 0 Å². The van der Waals surface area contributed by atoms with E-state index in [1.807, 2.05) is 0 Å². The highest BCUT2D eigenvalue weighted by molar-refractivity contribution is 5.93. The fourth-order valence-corrected chi connectivity index (χ4v) is 1.89. The van der Waals surface area contributed by atoms with Crippen LogP contribution < -0.4 is 0 Å².